The van der Waals surface area contributed by atoms with Crippen molar-refractivity contribution >= 4 is 80.3 Å². The first kappa shape index (κ1) is 60.1. The van der Waals surface area contributed by atoms with Crippen molar-refractivity contribution < 1.29 is 101 Å². The number of carbonyl (C=O) groups is 3. The van der Waals surface area contributed by atoms with Crippen LogP contribution in [0.3, 0.4) is 0 Å². The Hall–Kier alpha value is -4.78. The van der Waals surface area contributed by atoms with E-state index in [1.165, 1.54) is 13.8 Å². The number of ether oxygens (including phenoxy) is 1. The number of aromatic nitrogens is 8. The van der Waals surface area contributed by atoms with Gasteiger partial charge in [0.15, 0.2) is 28.3 Å². The topological polar surface area (TPSA) is 545 Å². The number of aliphatic hydroxyl groups is 6. The van der Waals surface area contributed by atoms with Gasteiger partial charge in [-0.05, 0) is 0 Å². The van der Waals surface area contributed by atoms with Crippen LogP contribution in [0.25, 0.3) is 22.3 Å². The number of phosphoric ester groups is 3. The fourth-order valence-corrected chi connectivity index (χ4v) is 10.3. The molecule has 74 heavy (non-hydrogen) atoms. The summed E-state index contributed by atoms with van der Waals surface area (Å²) < 4.78 is 63.0. The summed E-state index contributed by atoms with van der Waals surface area (Å²) >= 11 is 0.752. The Kier molecular flexibility index (Phi) is 20.2. The molecule has 35 nitrogen and oxygen atoms in total. The number of fused-ring (bicyclic) bond motifs is 2. The number of aromatic amines is 2. The fraction of sp³-hybridized carbons (Fsp3) is 0.600. The monoisotopic (exact) mass is 1140 g/mol. The van der Waals surface area contributed by atoms with Crippen molar-refractivity contribution in [2.75, 3.05) is 44.4 Å². The van der Waals surface area contributed by atoms with Crippen LogP contribution < -0.4 is 33.2 Å². The molecule has 0 aromatic carbocycles. The van der Waals surface area contributed by atoms with Crippen molar-refractivity contribution in [2.24, 2.45) is 5.41 Å². The van der Waals surface area contributed by atoms with E-state index in [1.807, 2.05) is 4.98 Å². The molecule has 0 bridgehead atoms. The van der Waals surface area contributed by atoms with Gasteiger partial charge in [-0.3, -0.25) is 56.6 Å². The number of aryl methyl sites for hydroxylation is 1. The first-order chi connectivity index (χ1) is 34.4. The second kappa shape index (κ2) is 24.9. The molecule has 16 N–H and O–H groups in total. The van der Waals surface area contributed by atoms with Crippen molar-refractivity contribution in [3.05, 3.63) is 49.5 Å². The molecule has 5 rings (SSSR count). The van der Waals surface area contributed by atoms with Crippen molar-refractivity contribution in [2.45, 2.75) is 88.6 Å². The van der Waals surface area contributed by atoms with E-state index in [0.29, 0.717) is 0 Å². The maximum Gasteiger partial charge on any atom is 0.481 e. The summed E-state index contributed by atoms with van der Waals surface area (Å²) in [5.41, 5.74) is -0.111. The quantitative estimate of drug-likeness (QED) is 0.0196. The highest BCUT2D eigenvalue weighted by Gasteiger charge is 2.50. The Morgan fingerprint density at radius 2 is 1.64 bits per heavy atom. The fourth-order valence-electron chi connectivity index (χ4n) is 6.79. The molecular formula is C35H52N11O24P3S. The first-order valence-electron chi connectivity index (χ1n) is 21.4. The zero-order valence-corrected chi connectivity index (χ0v) is 42.0. The molecule has 2 amide bonds. The van der Waals surface area contributed by atoms with E-state index in [2.05, 4.69) is 44.4 Å². The average molecular weight is 1140 g/mol. The minimum atomic E-state index is -5.65. The maximum absolute atomic E-state index is 13.3. The summed E-state index contributed by atoms with van der Waals surface area (Å²) in [7, 11) is -16.6. The van der Waals surface area contributed by atoms with Gasteiger partial charge in [-0.1, -0.05) is 25.6 Å². The van der Waals surface area contributed by atoms with Crippen LogP contribution in [-0.4, -0.2) is 188 Å². The number of H-pyrrole nitrogens is 2. The number of hydrogen-bond acceptors (Lipinski definition) is 26. The highest BCUT2D eigenvalue weighted by atomic mass is 32.2. The van der Waals surface area contributed by atoms with Gasteiger partial charge in [0.25, 0.3) is 11.1 Å². The zero-order chi connectivity index (χ0) is 55.1. The molecule has 1 fully saturated rings. The summed E-state index contributed by atoms with van der Waals surface area (Å²) in [6.07, 6.45) is -13.7. The summed E-state index contributed by atoms with van der Waals surface area (Å²) in [6.45, 7) is -1.89. The van der Waals surface area contributed by atoms with Gasteiger partial charge in [-0.2, -0.15) is 4.31 Å². The minimum absolute atomic E-state index is 0.00278. The number of nitrogens with two attached hydrogens (primary N) is 1. The molecule has 0 radical (unpaired) electrons. The lowest BCUT2D eigenvalue weighted by atomic mass is 9.87. The third kappa shape index (κ3) is 15.9. The molecule has 1 aliphatic heterocycles. The first-order valence-corrected chi connectivity index (χ1v) is 26.9. The molecular weight excluding hydrogens is 1080 g/mol. The lowest BCUT2D eigenvalue weighted by molar-refractivity contribution is -0.137. The van der Waals surface area contributed by atoms with E-state index in [0.717, 1.165) is 33.6 Å². The second-order valence-corrected chi connectivity index (χ2v) is 22.1. The van der Waals surface area contributed by atoms with Crippen LogP contribution in [0.4, 0.5) is 5.82 Å². The molecule has 4 aromatic heterocycles. The Morgan fingerprint density at radius 1 is 0.946 bits per heavy atom. The van der Waals surface area contributed by atoms with Crippen molar-refractivity contribution in [3.63, 3.8) is 0 Å². The van der Waals surface area contributed by atoms with E-state index in [4.69, 9.17) is 24.6 Å². The SMILES string of the molecule is CC(C)(COP(=O)(O)OP(=O)(O)OCC1OC(n2cnc3c(N)ncnc32)C(O)C1OP(=O)(O)O)C(O)C(=O)NCCC(=O)NCCSC(=O)CCc1nc2c(=O)[nH]c(=O)[nH]c2n(CC(O)C(O)C(O)CO)c1=O. The number of anilines is 1. The smallest absolute Gasteiger partial charge is 0.394 e. The number of nitrogens with zero attached hydrogens (tertiary/aromatic N) is 6. The Morgan fingerprint density at radius 3 is 2.31 bits per heavy atom. The molecule has 39 heteroatoms. The predicted molar refractivity (Wildman–Crippen MR) is 248 cm³/mol. The highest BCUT2D eigenvalue weighted by Crippen LogP contribution is 2.61. The number of phosphoric acid groups is 3. The van der Waals surface area contributed by atoms with Gasteiger partial charge >= 0.3 is 29.2 Å². The predicted octanol–water partition coefficient (Wildman–Crippen LogP) is -5.54. The number of amides is 2. The van der Waals surface area contributed by atoms with Gasteiger partial charge in [0.2, 0.25) is 11.8 Å². The van der Waals surface area contributed by atoms with Crippen LogP contribution in [0.2, 0.25) is 0 Å². The maximum atomic E-state index is 13.3. The molecule has 412 valence electrons. The number of imidazole rings is 1. The molecule has 0 saturated carbocycles. The van der Waals surface area contributed by atoms with Crippen molar-refractivity contribution in [3.8, 4) is 0 Å². The van der Waals surface area contributed by atoms with Crippen LogP contribution in [0, 0.1) is 5.41 Å². The van der Waals surface area contributed by atoms with E-state index < -0.39 is 149 Å². The van der Waals surface area contributed by atoms with Gasteiger partial charge in [-0.25, -0.2) is 38.4 Å². The average Bonchev–Trinajstić information content (AvgIpc) is 3.88. The number of nitrogen functional groups attached to an aromatic ring is 1. The molecule has 1 saturated heterocycles. The lowest BCUT2D eigenvalue weighted by Gasteiger charge is -2.30. The molecule has 1 aliphatic rings. The standard InChI is InChI=1S/C35H52N11O24P3S/c1-35(2,12-67-73(64,65)70-72(62,63)66-11-18-25(69-71(59,60)61)24(53)33(68-18)46-14-41-21-27(36)39-13-40-28(21)46)26(54)31(56)38-6-5-19(50)37-7-8-74-20(51)4-3-15-32(57)45(9-16(48)23(52)17(49)10-47)29-22(42-15)30(55)44-34(58)43-29/h13-14,16-18,23-26,33,47-49,52-54H,3-12H2,1-2H3,(H,37,50)(H,38,56)(H,62,63)(H,64,65)(H2,36,39,40)(H2,59,60,61)(H2,43,44,55,58). The van der Waals surface area contributed by atoms with Crippen LogP contribution >= 0.6 is 35.2 Å². The summed E-state index contributed by atoms with van der Waals surface area (Å²) in [5.74, 6) is -1.74. The normalized spacial score (nSPS) is 20.6. The van der Waals surface area contributed by atoms with Crippen molar-refractivity contribution in [1.82, 2.24) is 49.7 Å². The van der Waals surface area contributed by atoms with Gasteiger partial charge in [-0.15, -0.1) is 0 Å². The Bertz CT molecular complexity index is 3010. The van der Waals surface area contributed by atoms with E-state index in [9.17, 15) is 87.6 Å². The van der Waals surface area contributed by atoms with E-state index in [1.54, 1.807) is 0 Å². The molecule has 4 aromatic rings. The number of nitrogens with one attached hydrogen (secondary N) is 4. The van der Waals surface area contributed by atoms with Gasteiger partial charge in [0, 0.05) is 43.5 Å². The second-order valence-electron chi connectivity index (χ2n) is 16.7. The molecule has 10 unspecified atom stereocenters. The molecule has 10 atom stereocenters. The zero-order valence-electron chi connectivity index (χ0n) is 38.5. The molecule has 0 aliphatic carbocycles. The highest BCUT2D eigenvalue weighted by molar-refractivity contribution is 8.13. The number of carbonyl (C=O) groups excluding carboxylic acids is 3. The Labute approximate surface area is 417 Å². The summed E-state index contributed by atoms with van der Waals surface area (Å²) in [4.78, 5) is 135. The van der Waals surface area contributed by atoms with Gasteiger partial charge < -0.3 is 71.3 Å². The molecule has 5 heterocycles. The van der Waals surface area contributed by atoms with E-state index >= 15 is 0 Å². The summed E-state index contributed by atoms with van der Waals surface area (Å²) in [5, 5.41) is 65.1. The lowest BCUT2D eigenvalue weighted by Crippen LogP contribution is -2.46. The van der Waals surface area contributed by atoms with Crippen LogP contribution in [0.5, 0.6) is 0 Å². The molecule has 0 spiro atoms. The number of thioether (sulfide) groups is 1. The van der Waals surface area contributed by atoms with Crippen LogP contribution in [-0.2, 0) is 63.7 Å². The van der Waals surface area contributed by atoms with Gasteiger partial charge in [0.1, 0.15) is 65.9 Å². The third-order valence-corrected chi connectivity index (χ3v) is 14.6. The van der Waals surface area contributed by atoms with E-state index in [-0.39, 0.29) is 60.8 Å². The Balaban J connectivity index is 1.03. The number of aliphatic hydroxyl groups excluding tert-OH is 6. The van der Waals surface area contributed by atoms with Crippen molar-refractivity contribution in [1.29, 1.82) is 0 Å². The largest absolute Gasteiger partial charge is 0.481 e. The summed E-state index contributed by atoms with van der Waals surface area (Å²) in [6, 6.07) is 0. The van der Waals surface area contributed by atoms with Crippen LogP contribution in [0.1, 0.15) is 38.6 Å². The van der Waals surface area contributed by atoms with Gasteiger partial charge in [0.05, 0.1) is 32.7 Å². The third-order valence-electron chi connectivity index (χ3n) is 10.6. The number of hydrogen-bond donors (Lipinski definition) is 15. The number of rotatable bonds is 27. The van der Waals surface area contributed by atoms with Crippen LogP contribution in [0.15, 0.2) is 27.0 Å². The minimum Gasteiger partial charge on any atom is -0.394 e.